The number of hydrogen-bond acceptors (Lipinski definition) is 2. The van der Waals surface area contributed by atoms with Crippen LogP contribution in [0.1, 0.15) is 15.9 Å². The summed E-state index contributed by atoms with van der Waals surface area (Å²) < 4.78 is 0.874. The first-order valence-corrected chi connectivity index (χ1v) is 6.65. The van der Waals surface area contributed by atoms with Gasteiger partial charge < -0.3 is 5.32 Å². The lowest BCUT2D eigenvalue weighted by Crippen LogP contribution is -2.19. The van der Waals surface area contributed by atoms with E-state index < -0.39 is 0 Å². The molecule has 1 amide bonds. The number of carbonyl (C=O) groups is 1. The molecule has 1 aromatic carbocycles. The van der Waals surface area contributed by atoms with E-state index >= 15 is 0 Å². The fourth-order valence-corrected chi connectivity index (χ4v) is 2.29. The summed E-state index contributed by atoms with van der Waals surface area (Å²) in [5.74, 6) is -0.114. The topological polar surface area (TPSA) is 42.0 Å². The van der Waals surface area contributed by atoms with E-state index in [1.165, 1.54) is 0 Å². The van der Waals surface area contributed by atoms with Crippen LogP contribution in [0.3, 0.4) is 0 Å². The number of aromatic nitrogens is 1. The van der Waals surface area contributed by atoms with E-state index in [1.807, 2.05) is 37.3 Å². The van der Waals surface area contributed by atoms with Crippen molar-refractivity contribution in [3.63, 3.8) is 0 Å². The van der Waals surface area contributed by atoms with Gasteiger partial charge in [0.05, 0.1) is 5.56 Å². The molecule has 1 N–H and O–H groups in total. The summed E-state index contributed by atoms with van der Waals surface area (Å²) >= 11 is 2.15. The van der Waals surface area contributed by atoms with Crippen LogP contribution >= 0.6 is 22.6 Å². The van der Waals surface area contributed by atoms with Gasteiger partial charge >= 0.3 is 0 Å². The molecule has 0 atom stereocenters. The first kappa shape index (κ1) is 13.0. The Kier molecular flexibility index (Phi) is 3.96. The first-order chi connectivity index (χ1) is 8.63. The van der Waals surface area contributed by atoms with E-state index in [4.69, 9.17) is 0 Å². The third-order valence-corrected chi connectivity index (χ3v) is 3.37. The molecular weight excluding hydrogens is 339 g/mol. The van der Waals surface area contributed by atoms with E-state index in [0.717, 1.165) is 20.4 Å². The molecule has 0 saturated carbocycles. The van der Waals surface area contributed by atoms with Gasteiger partial charge in [-0.05, 0) is 52.3 Å². The Hall–Kier alpha value is -1.43. The Morgan fingerprint density at radius 3 is 2.67 bits per heavy atom. The van der Waals surface area contributed by atoms with Gasteiger partial charge in [-0.3, -0.25) is 4.79 Å². The molecule has 0 saturated heterocycles. The van der Waals surface area contributed by atoms with Gasteiger partial charge in [-0.15, -0.1) is 0 Å². The van der Waals surface area contributed by atoms with Crippen LogP contribution in [0.2, 0.25) is 0 Å². The molecule has 2 rings (SSSR count). The Balaban J connectivity index is 2.66. The van der Waals surface area contributed by atoms with Crippen molar-refractivity contribution in [1.82, 2.24) is 10.3 Å². The summed E-state index contributed by atoms with van der Waals surface area (Å²) in [5.41, 5.74) is 3.74. The molecule has 2 aromatic rings. The molecule has 1 aromatic heterocycles. The highest BCUT2D eigenvalue weighted by molar-refractivity contribution is 14.1. The van der Waals surface area contributed by atoms with Crippen LogP contribution in [0.15, 0.2) is 36.5 Å². The van der Waals surface area contributed by atoms with E-state index in [-0.39, 0.29) is 5.91 Å². The summed E-state index contributed by atoms with van der Waals surface area (Å²) in [7, 11) is 1.63. The summed E-state index contributed by atoms with van der Waals surface area (Å²) in [6.07, 6.45) is 1.63. The Labute approximate surface area is 120 Å². The highest BCUT2D eigenvalue weighted by atomic mass is 127. The third kappa shape index (κ3) is 2.53. The van der Waals surface area contributed by atoms with Crippen LogP contribution in [0, 0.1) is 10.6 Å². The number of benzene rings is 1. The number of carbonyl (C=O) groups excluding carboxylic acids is 1. The molecule has 0 aliphatic heterocycles. The number of pyridine rings is 1. The molecule has 92 valence electrons. The smallest absolute Gasteiger partial charge is 0.253 e. The van der Waals surface area contributed by atoms with Crippen molar-refractivity contribution in [1.29, 1.82) is 0 Å². The average molecular weight is 352 g/mol. The number of hydrogen-bond donors (Lipinski definition) is 1. The molecule has 4 heteroatoms. The van der Waals surface area contributed by atoms with Gasteiger partial charge in [0, 0.05) is 13.2 Å². The molecule has 18 heavy (non-hydrogen) atoms. The fraction of sp³-hybridized carbons (Fsp3) is 0.143. The number of nitrogens with one attached hydrogen (secondary N) is 1. The third-order valence-electron chi connectivity index (χ3n) is 2.78. The zero-order valence-electron chi connectivity index (χ0n) is 10.2. The Morgan fingerprint density at radius 2 is 2.00 bits per heavy atom. The number of rotatable bonds is 2. The van der Waals surface area contributed by atoms with Gasteiger partial charge in [-0.2, -0.15) is 0 Å². The highest BCUT2D eigenvalue weighted by Crippen LogP contribution is 2.27. The number of nitrogens with zero attached hydrogens (tertiary/aromatic N) is 1. The van der Waals surface area contributed by atoms with Crippen LogP contribution in [-0.4, -0.2) is 17.9 Å². The number of aryl methyl sites for hydroxylation is 1. The first-order valence-electron chi connectivity index (χ1n) is 5.57. The molecule has 0 fully saturated rings. The fourth-order valence-electron chi connectivity index (χ4n) is 1.84. The number of halogens is 1. The molecule has 0 bridgehead atoms. The molecule has 0 aliphatic carbocycles. The van der Waals surface area contributed by atoms with Crippen molar-refractivity contribution in [3.05, 3.63) is 51.4 Å². The van der Waals surface area contributed by atoms with Crippen LogP contribution in [0.5, 0.6) is 0 Å². The summed E-state index contributed by atoms with van der Waals surface area (Å²) in [6.45, 7) is 2.04. The second-order valence-electron chi connectivity index (χ2n) is 3.95. The van der Waals surface area contributed by atoms with Crippen LogP contribution in [0.4, 0.5) is 0 Å². The highest BCUT2D eigenvalue weighted by Gasteiger charge is 2.14. The summed E-state index contributed by atoms with van der Waals surface area (Å²) in [4.78, 5) is 16.1. The van der Waals surface area contributed by atoms with Crippen molar-refractivity contribution in [3.8, 4) is 11.1 Å². The molecule has 0 unspecified atom stereocenters. The Bertz CT molecular complexity index is 596. The van der Waals surface area contributed by atoms with Gasteiger partial charge in [0.25, 0.3) is 5.91 Å². The maximum absolute atomic E-state index is 11.9. The SMILES string of the molecule is CNC(=O)c1cnc(I)cc1-c1ccccc1C. The minimum Gasteiger partial charge on any atom is -0.355 e. The van der Waals surface area contributed by atoms with E-state index in [1.54, 1.807) is 13.2 Å². The molecular formula is C14H13IN2O. The minimum absolute atomic E-state index is 0.114. The Morgan fingerprint density at radius 1 is 1.28 bits per heavy atom. The second kappa shape index (κ2) is 5.48. The van der Waals surface area contributed by atoms with E-state index in [0.29, 0.717) is 5.56 Å². The monoisotopic (exact) mass is 352 g/mol. The van der Waals surface area contributed by atoms with Crippen LogP contribution in [0.25, 0.3) is 11.1 Å². The van der Waals surface area contributed by atoms with E-state index in [9.17, 15) is 4.79 Å². The van der Waals surface area contributed by atoms with Gasteiger partial charge in [-0.1, -0.05) is 24.3 Å². The summed E-state index contributed by atoms with van der Waals surface area (Å²) in [5, 5.41) is 2.65. The second-order valence-corrected chi connectivity index (χ2v) is 5.05. The normalized spacial score (nSPS) is 10.2. The maximum Gasteiger partial charge on any atom is 0.253 e. The van der Waals surface area contributed by atoms with Crippen molar-refractivity contribution in [2.45, 2.75) is 6.92 Å². The van der Waals surface area contributed by atoms with Crippen LogP contribution in [-0.2, 0) is 0 Å². The minimum atomic E-state index is -0.114. The van der Waals surface area contributed by atoms with Crippen molar-refractivity contribution in [2.24, 2.45) is 0 Å². The quantitative estimate of drug-likeness (QED) is 0.667. The average Bonchev–Trinajstić information content (AvgIpc) is 2.38. The van der Waals surface area contributed by atoms with Crippen molar-refractivity contribution >= 4 is 28.5 Å². The van der Waals surface area contributed by atoms with Crippen molar-refractivity contribution < 1.29 is 4.79 Å². The lowest BCUT2D eigenvalue weighted by atomic mass is 9.97. The standard InChI is InChI=1S/C14H13IN2O/c1-9-5-3-4-6-10(9)11-7-13(15)17-8-12(11)14(18)16-2/h3-8H,1-2H3,(H,16,18). The van der Waals surface area contributed by atoms with Crippen LogP contribution < -0.4 is 5.32 Å². The number of amides is 1. The molecule has 1 heterocycles. The molecule has 0 radical (unpaired) electrons. The predicted octanol–water partition coefficient (Wildman–Crippen LogP) is 3.02. The lowest BCUT2D eigenvalue weighted by Gasteiger charge is -2.11. The molecule has 3 nitrogen and oxygen atoms in total. The predicted molar refractivity (Wildman–Crippen MR) is 80.5 cm³/mol. The van der Waals surface area contributed by atoms with Gasteiger partial charge in [-0.25, -0.2) is 4.98 Å². The van der Waals surface area contributed by atoms with Gasteiger partial charge in [0.1, 0.15) is 3.70 Å². The zero-order chi connectivity index (χ0) is 13.1. The van der Waals surface area contributed by atoms with Gasteiger partial charge in [0.15, 0.2) is 0 Å². The molecule has 0 aliphatic rings. The summed E-state index contributed by atoms with van der Waals surface area (Å²) in [6, 6.07) is 9.96. The zero-order valence-corrected chi connectivity index (χ0v) is 12.4. The maximum atomic E-state index is 11.9. The lowest BCUT2D eigenvalue weighted by molar-refractivity contribution is 0.0963. The van der Waals surface area contributed by atoms with Gasteiger partial charge in [0.2, 0.25) is 0 Å². The molecule has 0 spiro atoms. The van der Waals surface area contributed by atoms with Crippen molar-refractivity contribution in [2.75, 3.05) is 7.05 Å². The largest absolute Gasteiger partial charge is 0.355 e. The van der Waals surface area contributed by atoms with E-state index in [2.05, 4.69) is 32.9 Å².